The summed E-state index contributed by atoms with van der Waals surface area (Å²) in [6.45, 7) is 4.51. The van der Waals surface area contributed by atoms with E-state index in [1.165, 1.54) is 13.0 Å². The lowest BCUT2D eigenvalue weighted by molar-refractivity contribution is -0.126. The molecule has 0 radical (unpaired) electrons. The number of nitrogens with zero attached hydrogens (tertiary/aromatic N) is 4. The molecule has 5 rings (SSSR count). The summed E-state index contributed by atoms with van der Waals surface area (Å²) in [4.78, 5) is 49.5. The zero-order chi connectivity index (χ0) is 27.4. The molecule has 1 fully saturated rings. The number of halogens is 1. The number of rotatable bonds is 7. The summed E-state index contributed by atoms with van der Waals surface area (Å²) < 4.78 is 5.32. The molecule has 2 N–H and O–H groups in total. The van der Waals surface area contributed by atoms with Gasteiger partial charge in [0.25, 0.3) is 0 Å². The van der Waals surface area contributed by atoms with Crippen molar-refractivity contribution in [2.24, 2.45) is 0 Å². The van der Waals surface area contributed by atoms with Gasteiger partial charge in [0, 0.05) is 74.5 Å². The van der Waals surface area contributed by atoms with Gasteiger partial charge in [-0.2, -0.15) is 0 Å². The van der Waals surface area contributed by atoms with E-state index >= 15 is 0 Å². The third kappa shape index (κ3) is 6.18. The van der Waals surface area contributed by atoms with Gasteiger partial charge in [0.1, 0.15) is 17.4 Å². The summed E-state index contributed by atoms with van der Waals surface area (Å²) in [5, 5.41) is 6.62. The molecule has 0 atom stereocenters. The molecular formula is C28H27ClN6O4. The molecule has 3 aromatic rings. The molecule has 3 heterocycles. The molecule has 200 valence electrons. The first-order valence-electron chi connectivity index (χ1n) is 12.6. The van der Waals surface area contributed by atoms with E-state index in [9.17, 15) is 14.4 Å². The Labute approximate surface area is 230 Å². The van der Waals surface area contributed by atoms with E-state index < -0.39 is 5.97 Å². The molecule has 1 saturated heterocycles. The zero-order valence-electron chi connectivity index (χ0n) is 21.3. The minimum atomic E-state index is -0.448. The van der Waals surface area contributed by atoms with Crippen LogP contribution < -0.4 is 15.5 Å². The van der Waals surface area contributed by atoms with Gasteiger partial charge in [-0.05, 0) is 30.3 Å². The Morgan fingerprint density at radius 3 is 2.44 bits per heavy atom. The number of nitrogens with one attached hydrogen (secondary N) is 2. The van der Waals surface area contributed by atoms with Gasteiger partial charge in [-0.1, -0.05) is 29.8 Å². The highest BCUT2D eigenvalue weighted by molar-refractivity contribution is 6.30. The van der Waals surface area contributed by atoms with Crippen molar-refractivity contribution < 1.29 is 19.1 Å². The van der Waals surface area contributed by atoms with Crippen LogP contribution in [0.25, 0.3) is 17.1 Å². The Bertz CT molecular complexity index is 1430. The fraction of sp³-hybridized carbons (Fsp3) is 0.250. The van der Waals surface area contributed by atoms with Crippen molar-refractivity contribution in [3.05, 3.63) is 76.8 Å². The number of anilines is 2. The van der Waals surface area contributed by atoms with Crippen LogP contribution in [0.2, 0.25) is 5.02 Å². The molecule has 11 heteroatoms. The van der Waals surface area contributed by atoms with Crippen molar-refractivity contribution in [1.29, 1.82) is 0 Å². The van der Waals surface area contributed by atoms with E-state index in [1.54, 1.807) is 41.3 Å². The molecule has 10 nitrogen and oxygen atoms in total. The number of ether oxygens (including phenoxy) is 1. The van der Waals surface area contributed by atoms with Crippen molar-refractivity contribution in [3.8, 4) is 11.4 Å². The van der Waals surface area contributed by atoms with Gasteiger partial charge >= 0.3 is 5.97 Å². The number of carbonyl (C=O) groups is 3. The first-order chi connectivity index (χ1) is 18.9. The molecular weight excluding hydrogens is 520 g/mol. The minimum Gasteiger partial charge on any atom is -0.422 e. The van der Waals surface area contributed by atoms with Crippen LogP contribution in [-0.2, 0) is 14.3 Å². The summed E-state index contributed by atoms with van der Waals surface area (Å²) in [5.74, 6) is 1.41. The van der Waals surface area contributed by atoms with Crippen molar-refractivity contribution in [2.75, 3.05) is 49.5 Å². The Balaban J connectivity index is 1.29. The van der Waals surface area contributed by atoms with E-state index in [0.717, 1.165) is 11.4 Å². The molecule has 0 aliphatic carbocycles. The van der Waals surface area contributed by atoms with Crippen LogP contribution in [0.4, 0.5) is 11.6 Å². The van der Waals surface area contributed by atoms with Crippen LogP contribution in [0.3, 0.4) is 0 Å². The number of carbonyl (C=O) groups excluding carboxylic acids is 3. The highest BCUT2D eigenvalue weighted by Crippen LogP contribution is 2.30. The Morgan fingerprint density at radius 1 is 1.00 bits per heavy atom. The number of fused-ring (bicyclic) bond motifs is 1. The highest BCUT2D eigenvalue weighted by atomic mass is 35.5. The lowest BCUT2D eigenvalue weighted by Crippen LogP contribution is -2.48. The second-order valence-corrected chi connectivity index (χ2v) is 9.54. The number of amides is 2. The normalized spacial score (nSPS) is 15.6. The second kappa shape index (κ2) is 11.5. The van der Waals surface area contributed by atoms with E-state index in [1.807, 2.05) is 18.2 Å². The SMILES string of the molecule is CC(=O)NCCNc1cc(N2CCN(C(=O)/C=C3\OC(=O)c4ccccc43)CC2)nc(-c2ccc(Cl)cc2)n1. The monoisotopic (exact) mass is 546 g/mol. The van der Waals surface area contributed by atoms with E-state index in [0.29, 0.717) is 67.1 Å². The smallest absolute Gasteiger partial charge is 0.344 e. The molecule has 1 aromatic heterocycles. The quantitative estimate of drug-likeness (QED) is 0.264. The van der Waals surface area contributed by atoms with Crippen LogP contribution in [0.15, 0.2) is 60.7 Å². The Morgan fingerprint density at radius 2 is 1.72 bits per heavy atom. The Kier molecular flexibility index (Phi) is 7.74. The number of hydrogen-bond donors (Lipinski definition) is 2. The number of hydrogen-bond acceptors (Lipinski definition) is 8. The fourth-order valence-electron chi connectivity index (χ4n) is 4.40. The van der Waals surface area contributed by atoms with E-state index in [2.05, 4.69) is 20.5 Å². The number of benzene rings is 2. The van der Waals surface area contributed by atoms with Gasteiger partial charge in [-0.15, -0.1) is 0 Å². The van der Waals surface area contributed by atoms with Crippen molar-refractivity contribution in [2.45, 2.75) is 6.92 Å². The van der Waals surface area contributed by atoms with Crippen LogP contribution in [0.1, 0.15) is 22.8 Å². The highest BCUT2D eigenvalue weighted by Gasteiger charge is 2.28. The predicted octanol–water partition coefficient (Wildman–Crippen LogP) is 3.21. The lowest BCUT2D eigenvalue weighted by Gasteiger charge is -2.35. The third-order valence-electron chi connectivity index (χ3n) is 6.41. The molecule has 2 aliphatic heterocycles. The van der Waals surface area contributed by atoms with Crippen LogP contribution in [0.5, 0.6) is 0 Å². The zero-order valence-corrected chi connectivity index (χ0v) is 22.1. The van der Waals surface area contributed by atoms with Gasteiger partial charge in [0.05, 0.1) is 5.56 Å². The Hall–Kier alpha value is -4.44. The molecule has 0 unspecified atom stereocenters. The first-order valence-corrected chi connectivity index (χ1v) is 13.0. The second-order valence-electron chi connectivity index (χ2n) is 9.11. The van der Waals surface area contributed by atoms with Crippen molar-refractivity contribution in [3.63, 3.8) is 0 Å². The molecule has 0 saturated carbocycles. The molecule has 2 aliphatic rings. The summed E-state index contributed by atoms with van der Waals surface area (Å²) in [6.07, 6.45) is 1.39. The topological polar surface area (TPSA) is 117 Å². The number of cyclic esters (lactones) is 1. The number of esters is 1. The summed E-state index contributed by atoms with van der Waals surface area (Å²) in [7, 11) is 0. The van der Waals surface area contributed by atoms with E-state index in [4.69, 9.17) is 21.3 Å². The van der Waals surface area contributed by atoms with Crippen molar-refractivity contribution >= 4 is 46.8 Å². The maximum absolute atomic E-state index is 13.0. The average Bonchev–Trinajstić information content (AvgIpc) is 3.26. The van der Waals surface area contributed by atoms with Gasteiger partial charge in [-0.3, -0.25) is 9.59 Å². The molecule has 0 spiro atoms. The minimum absolute atomic E-state index is 0.0969. The molecule has 39 heavy (non-hydrogen) atoms. The fourth-order valence-corrected chi connectivity index (χ4v) is 4.52. The summed E-state index contributed by atoms with van der Waals surface area (Å²) in [6, 6.07) is 16.2. The molecule has 2 aromatic carbocycles. The van der Waals surface area contributed by atoms with E-state index in [-0.39, 0.29) is 17.6 Å². The van der Waals surface area contributed by atoms with Crippen LogP contribution in [-0.4, -0.2) is 71.9 Å². The maximum Gasteiger partial charge on any atom is 0.344 e. The average molecular weight is 547 g/mol. The first kappa shape index (κ1) is 26.2. The van der Waals surface area contributed by atoms with Gasteiger partial charge in [0.15, 0.2) is 5.82 Å². The van der Waals surface area contributed by atoms with Crippen molar-refractivity contribution in [1.82, 2.24) is 20.2 Å². The number of aromatic nitrogens is 2. The molecule has 2 amide bonds. The van der Waals surface area contributed by atoms with Crippen LogP contribution in [0, 0.1) is 0 Å². The third-order valence-corrected chi connectivity index (χ3v) is 6.66. The summed E-state index contributed by atoms with van der Waals surface area (Å²) in [5.41, 5.74) is 1.91. The molecule has 0 bridgehead atoms. The van der Waals surface area contributed by atoms with Gasteiger partial charge < -0.3 is 25.2 Å². The summed E-state index contributed by atoms with van der Waals surface area (Å²) >= 11 is 6.06. The van der Waals surface area contributed by atoms with Crippen LogP contribution >= 0.6 is 11.6 Å². The largest absolute Gasteiger partial charge is 0.422 e. The maximum atomic E-state index is 13.0. The van der Waals surface area contributed by atoms with Gasteiger partial charge in [0.2, 0.25) is 11.8 Å². The lowest BCUT2D eigenvalue weighted by atomic mass is 10.1. The number of piperazine rings is 1. The standard InChI is InChI=1S/C28H27ClN6O4/c1-18(36)30-10-11-31-24-17-25(33-27(32-24)19-6-8-20(29)9-7-19)34-12-14-35(15-13-34)26(37)16-23-21-4-2-3-5-22(21)28(38)39-23/h2-9,16-17H,10-15H2,1H3,(H,30,36)(H,31,32,33)/b23-16-. The predicted molar refractivity (Wildman–Crippen MR) is 148 cm³/mol. The van der Waals surface area contributed by atoms with Gasteiger partial charge in [-0.25, -0.2) is 14.8 Å².